The van der Waals surface area contributed by atoms with Crippen LogP contribution in [0.2, 0.25) is 0 Å². The summed E-state index contributed by atoms with van der Waals surface area (Å²) in [6.07, 6.45) is 3.05. The molecule has 0 aliphatic heterocycles. The fourth-order valence-corrected chi connectivity index (χ4v) is 4.45. The quantitative estimate of drug-likeness (QED) is 0.666. The Hall–Kier alpha value is -3.22. The van der Waals surface area contributed by atoms with E-state index in [2.05, 4.69) is 10.3 Å². The highest BCUT2D eigenvalue weighted by Crippen LogP contribution is 2.35. The number of rotatable bonds is 5. The zero-order valence-corrected chi connectivity index (χ0v) is 17.5. The maximum absolute atomic E-state index is 12.8. The number of para-hydroxylation sites is 1. The lowest BCUT2D eigenvalue weighted by molar-refractivity contribution is -0.121. The van der Waals surface area contributed by atoms with E-state index in [0.29, 0.717) is 5.75 Å². The molecule has 0 radical (unpaired) electrons. The van der Waals surface area contributed by atoms with Crippen LogP contribution in [0.5, 0.6) is 11.5 Å². The number of amides is 1. The van der Waals surface area contributed by atoms with Crippen molar-refractivity contribution in [2.75, 3.05) is 19.5 Å². The van der Waals surface area contributed by atoms with Gasteiger partial charge in [-0.1, -0.05) is 6.07 Å². The second-order valence-electron chi connectivity index (χ2n) is 7.83. The summed E-state index contributed by atoms with van der Waals surface area (Å²) in [6, 6.07) is 11.4. The Balaban J connectivity index is 1.45. The Morgan fingerprint density at radius 1 is 1.07 bits per heavy atom. The summed E-state index contributed by atoms with van der Waals surface area (Å²) in [5.74, 6) is 1.44. The van der Waals surface area contributed by atoms with E-state index >= 15 is 0 Å². The molecule has 1 amide bonds. The number of aryl methyl sites for hydroxylation is 1. The zero-order valence-electron chi connectivity index (χ0n) is 17.5. The third kappa shape index (κ3) is 3.67. The normalized spacial score (nSPS) is 18.9. The summed E-state index contributed by atoms with van der Waals surface area (Å²) in [6.45, 7) is 1.95. The van der Waals surface area contributed by atoms with Gasteiger partial charge in [0.2, 0.25) is 5.91 Å². The molecule has 7 nitrogen and oxygen atoms in total. The molecule has 0 atom stereocenters. The molecule has 1 heterocycles. The smallest absolute Gasteiger partial charge is 0.326 e. The molecule has 0 saturated heterocycles. The number of methoxy groups -OCH3 is 2. The highest BCUT2D eigenvalue weighted by atomic mass is 16.5. The SMILES string of the molecule is COc1ccc(NC(=O)[C@H]2CC[C@@H](n3c(=O)[nH]c4c(OC)cccc43)CC2)cc1C. The van der Waals surface area contributed by atoms with E-state index in [4.69, 9.17) is 9.47 Å². The van der Waals surface area contributed by atoms with E-state index in [-0.39, 0.29) is 23.6 Å². The number of hydrogen-bond acceptors (Lipinski definition) is 4. The van der Waals surface area contributed by atoms with Crippen LogP contribution < -0.4 is 20.5 Å². The van der Waals surface area contributed by atoms with Crippen LogP contribution in [-0.2, 0) is 4.79 Å². The monoisotopic (exact) mass is 409 g/mol. The van der Waals surface area contributed by atoms with Gasteiger partial charge in [-0.05, 0) is 68.5 Å². The van der Waals surface area contributed by atoms with Gasteiger partial charge in [-0.3, -0.25) is 9.36 Å². The highest BCUT2D eigenvalue weighted by molar-refractivity contribution is 5.92. The number of fused-ring (bicyclic) bond motifs is 1. The predicted octanol–water partition coefficient (Wildman–Crippen LogP) is 4.03. The van der Waals surface area contributed by atoms with Crippen LogP contribution >= 0.6 is 0 Å². The number of aromatic nitrogens is 2. The minimum Gasteiger partial charge on any atom is -0.496 e. The molecule has 1 fully saturated rings. The van der Waals surface area contributed by atoms with Crippen molar-refractivity contribution in [1.82, 2.24) is 9.55 Å². The number of nitrogens with zero attached hydrogens (tertiary/aromatic N) is 1. The number of benzene rings is 2. The van der Waals surface area contributed by atoms with Gasteiger partial charge in [0.1, 0.15) is 17.0 Å². The molecule has 1 aromatic heterocycles. The number of ether oxygens (including phenoxy) is 2. The fourth-order valence-electron chi connectivity index (χ4n) is 4.45. The fraction of sp³-hybridized carbons (Fsp3) is 0.391. The first-order chi connectivity index (χ1) is 14.5. The molecule has 1 saturated carbocycles. The number of carbonyl (C=O) groups is 1. The van der Waals surface area contributed by atoms with Crippen molar-refractivity contribution in [3.63, 3.8) is 0 Å². The first-order valence-corrected chi connectivity index (χ1v) is 10.2. The van der Waals surface area contributed by atoms with Crippen LogP contribution in [0.1, 0.15) is 37.3 Å². The summed E-state index contributed by atoms with van der Waals surface area (Å²) in [4.78, 5) is 28.3. The molecule has 158 valence electrons. The van der Waals surface area contributed by atoms with Crippen molar-refractivity contribution < 1.29 is 14.3 Å². The molecule has 0 unspecified atom stereocenters. The van der Waals surface area contributed by atoms with Crippen molar-refractivity contribution in [1.29, 1.82) is 0 Å². The Labute approximate surface area is 175 Å². The molecular weight excluding hydrogens is 382 g/mol. The van der Waals surface area contributed by atoms with Gasteiger partial charge in [0.25, 0.3) is 0 Å². The molecule has 1 aliphatic carbocycles. The van der Waals surface area contributed by atoms with E-state index in [1.165, 1.54) is 0 Å². The molecule has 3 aromatic rings. The molecule has 2 N–H and O–H groups in total. The van der Waals surface area contributed by atoms with E-state index in [1.807, 2.05) is 47.9 Å². The predicted molar refractivity (Wildman–Crippen MR) is 116 cm³/mol. The Morgan fingerprint density at radius 2 is 1.80 bits per heavy atom. The Bertz CT molecular complexity index is 1120. The zero-order chi connectivity index (χ0) is 21.3. The Morgan fingerprint density at radius 3 is 2.47 bits per heavy atom. The summed E-state index contributed by atoms with van der Waals surface area (Å²) >= 11 is 0. The molecule has 1 aliphatic rings. The van der Waals surface area contributed by atoms with Crippen molar-refractivity contribution >= 4 is 22.6 Å². The summed E-state index contributed by atoms with van der Waals surface area (Å²) in [7, 11) is 3.23. The van der Waals surface area contributed by atoms with Gasteiger partial charge >= 0.3 is 5.69 Å². The van der Waals surface area contributed by atoms with Gasteiger partial charge in [0, 0.05) is 17.6 Å². The third-order valence-corrected chi connectivity index (χ3v) is 6.03. The first kappa shape index (κ1) is 20.1. The van der Waals surface area contributed by atoms with Crippen LogP contribution in [0, 0.1) is 12.8 Å². The van der Waals surface area contributed by atoms with Crippen LogP contribution in [0.4, 0.5) is 5.69 Å². The van der Waals surface area contributed by atoms with E-state index in [9.17, 15) is 9.59 Å². The van der Waals surface area contributed by atoms with Gasteiger partial charge in [0.15, 0.2) is 0 Å². The van der Waals surface area contributed by atoms with Gasteiger partial charge < -0.3 is 19.8 Å². The standard InChI is InChI=1S/C23H27N3O4/c1-14-13-16(9-12-19(14)29-2)24-22(27)15-7-10-17(11-8-15)26-18-5-4-6-20(30-3)21(18)25-23(26)28/h4-6,9,12-13,15,17H,7-8,10-11H2,1-3H3,(H,24,27)(H,25,28)/t15-,17+. The van der Waals surface area contributed by atoms with Gasteiger partial charge in [-0.25, -0.2) is 4.79 Å². The number of hydrogen-bond donors (Lipinski definition) is 2. The molecule has 0 spiro atoms. The van der Waals surface area contributed by atoms with Crippen molar-refractivity contribution in [3.8, 4) is 11.5 Å². The minimum atomic E-state index is -0.129. The molecule has 0 bridgehead atoms. The molecule has 7 heteroatoms. The average Bonchev–Trinajstić information content (AvgIpc) is 3.09. The molecular formula is C23H27N3O4. The van der Waals surface area contributed by atoms with Gasteiger partial charge in [-0.15, -0.1) is 0 Å². The number of aromatic amines is 1. The Kier molecular flexibility index (Phi) is 5.53. The molecule has 2 aromatic carbocycles. The number of anilines is 1. The second kappa shape index (κ2) is 8.26. The minimum absolute atomic E-state index is 0.0333. The first-order valence-electron chi connectivity index (χ1n) is 10.2. The second-order valence-corrected chi connectivity index (χ2v) is 7.83. The van der Waals surface area contributed by atoms with E-state index in [1.54, 1.807) is 14.2 Å². The average molecular weight is 409 g/mol. The van der Waals surface area contributed by atoms with Gasteiger partial charge in [-0.2, -0.15) is 0 Å². The number of nitrogens with one attached hydrogen (secondary N) is 2. The van der Waals surface area contributed by atoms with Crippen molar-refractivity contribution in [3.05, 3.63) is 52.4 Å². The van der Waals surface area contributed by atoms with Crippen molar-refractivity contribution in [2.45, 2.75) is 38.6 Å². The summed E-state index contributed by atoms with van der Waals surface area (Å²) < 4.78 is 12.5. The summed E-state index contributed by atoms with van der Waals surface area (Å²) in [5.41, 5.74) is 3.20. The molecule has 30 heavy (non-hydrogen) atoms. The van der Waals surface area contributed by atoms with Crippen LogP contribution in [0.3, 0.4) is 0 Å². The maximum atomic E-state index is 12.8. The van der Waals surface area contributed by atoms with Crippen molar-refractivity contribution in [2.24, 2.45) is 5.92 Å². The lowest BCUT2D eigenvalue weighted by atomic mass is 9.85. The largest absolute Gasteiger partial charge is 0.496 e. The van der Waals surface area contributed by atoms with Crippen LogP contribution in [0.15, 0.2) is 41.2 Å². The number of carbonyl (C=O) groups excluding carboxylic acids is 1. The summed E-state index contributed by atoms with van der Waals surface area (Å²) in [5, 5.41) is 3.02. The van der Waals surface area contributed by atoms with Gasteiger partial charge in [0.05, 0.1) is 19.7 Å². The third-order valence-electron chi connectivity index (χ3n) is 6.03. The maximum Gasteiger partial charge on any atom is 0.326 e. The van der Waals surface area contributed by atoms with E-state index in [0.717, 1.165) is 53.7 Å². The van der Waals surface area contributed by atoms with Crippen LogP contribution in [0.25, 0.3) is 11.0 Å². The highest BCUT2D eigenvalue weighted by Gasteiger charge is 2.29. The lowest BCUT2D eigenvalue weighted by Crippen LogP contribution is -2.31. The van der Waals surface area contributed by atoms with E-state index < -0.39 is 0 Å². The number of imidazole rings is 1. The topological polar surface area (TPSA) is 85.4 Å². The number of H-pyrrole nitrogens is 1. The molecule has 4 rings (SSSR count). The van der Waals surface area contributed by atoms with Crippen LogP contribution in [-0.4, -0.2) is 29.7 Å². The lowest BCUT2D eigenvalue weighted by Gasteiger charge is -2.28.